The predicted molar refractivity (Wildman–Crippen MR) is 99.8 cm³/mol. The maximum atomic E-state index is 12.3. The number of carbonyl (C=O) groups excluding carboxylic acids is 2. The molecule has 4 heteroatoms. The number of para-hydroxylation sites is 1. The Kier molecular flexibility index (Phi) is 11.2. The first-order valence-electron chi connectivity index (χ1n) is 8.75. The summed E-state index contributed by atoms with van der Waals surface area (Å²) in [5, 5.41) is 0.986. The minimum atomic E-state index is -0.389. The van der Waals surface area contributed by atoms with E-state index in [9.17, 15) is 9.59 Å². The first-order chi connectivity index (χ1) is 11.6. The van der Waals surface area contributed by atoms with Gasteiger partial charge in [-0.1, -0.05) is 0 Å². The molecule has 1 aromatic carbocycles. The van der Waals surface area contributed by atoms with E-state index in [-0.39, 0.29) is 26.3 Å². The van der Waals surface area contributed by atoms with Crippen molar-refractivity contribution in [2.45, 2.75) is 63.5 Å². The van der Waals surface area contributed by atoms with Crippen LogP contribution in [0.15, 0.2) is 36.9 Å². The number of rotatable bonds is 13. The van der Waals surface area contributed by atoms with Crippen LogP contribution in [0.2, 0.25) is 5.21 Å². The van der Waals surface area contributed by atoms with Crippen molar-refractivity contribution in [3.63, 3.8) is 0 Å². The first kappa shape index (κ1) is 20.7. The van der Waals surface area contributed by atoms with Crippen LogP contribution in [0.4, 0.5) is 0 Å². The zero-order valence-electron chi connectivity index (χ0n) is 14.6. The Balaban J connectivity index is 2.18. The fourth-order valence-corrected chi connectivity index (χ4v) is 4.41. The van der Waals surface area contributed by atoms with Crippen LogP contribution in [0.5, 0.6) is 5.75 Å². The van der Waals surface area contributed by atoms with E-state index in [0.717, 1.165) is 18.1 Å². The van der Waals surface area contributed by atoms with Gasteiger partial charge in [-0.15, -0.1) is 0 Å². The summed E-state index contributed by atoms with van der Waals surface area (Å²) >= 11 is -0.380. The number of allylic oxidation sites excluding steroid dienone is 1. The summed E-state index contributed by atoms with van der Waals surface area (Å²) in [6.45, 7) is 5.09. The Morgan fingerprint density at radius 2 is 1.67 bits per heavy atom. The molecule has 0 heterocycles. The number of hydrogen-bond acceptors (Lipinski definition) is 3. The molecule has 0 bridgehead atoms. The van der Waals surface area contributed by atoms with E-state index >= 15 is 0 Å². The van der Waals surface area contributed by atoms with Gasteiger partial charge in [-0.3, -0.25) is 0 Å². The van der Waals surface area contributed by atoms with E-state index in [1.807, 2.05) is 12.1 Å². The first-order valence-corrected chi connectivity index (χ1v) is 11.0. The van der Waals surface area contributed by atoms with Crippen molar-refractivity contribution < 1.29 is 14.3 Å². The van der Waals surface area contributed by atoms with Crippen LogP contribution >= 0.6 is 0 Å². The van der Waals surface area contributed by atoms with Gasteiger partial charge in [-0.05, 0) is 0 Å². The van der Waals surface area contributed by atoms with Gasteiger partial charge in [0.1, 0.15) is 0 Å². The van der Waals surface area contributed by atoms with Gasteiger partial charge < -0.3 is 0 Å². The molecule has 131 valence electrons. The van der Waals surface area contributed by atoms with Crippen LogP contribution in [-0.4, -0.2) is 26.3 Å². The summed E-state index contributed by atoms with van der Waals surface area (Å²) in [4.78, 5) is 23.4. The zero-order valence-corrected chi connectivity index (χ0v) is 16.5. The molecule has 0 N–H and O–H groups in total. The SMILES string of the molecule is C=CCCCCCCCCC[As]C(=O)c1ccccc1OC(C)=O. The molecule has 0 saturated carbocycles. The molecule has 3 nitrogen and oxygen atoms in total. The quantitative estimate of drug-likeness (QED) is 0.153. The Bertz CT molecular complexity index is 525. The van der Waals surface area contributed by atoms with Crippen molar-refractivity contribution in [2.24, 2.45) is 0 Å². The van der Waals surface area contributed by atoms with Crippen molar-refractivity contribution in [1.82, 2.24) is 0 Å². The van der Waals surface area contributed by atoms with Gasteiger partial charge in [-0.2, -0.15) is 0 Å². The molecular weight excluding hydrogens is 363 g/mol. The molecule has 0 fully saturated rings. The molecule has 0 aliphatic rings. The van der Waals surface area contributed by atoms with Crippen molar-refractivity contribution in [1.29, 1.82) is 0 Å². The van der Waals surface area contributed by atoms with E-state index in [1.165, 1.54) is 45.4 Å². The third-order valence-corrected chi connectivity index (χ3v) is 5.93. The van der Waals surface area contributed by atoms with E-state index in [0.29, 0.717) is 11.3 Å². The monoisotopic (exact) mass is 391 g/mol. The van der Waals surface area contributed by atoms with E-state index < -0.39 is 0 Å². The second kappa shape index (κ2) is 13.0. The molecule has 1 aromatic rings. The summed E-state index contributed by atoms with van der Waals surface area (Å²) < 4.78 is 5.26. The fraction of sp³-hybridized carbons (Fsp3) is 0.500. The molecule has 0 aliphatic heterocycles. The van der Waals surface area contributed by atoms with Gasteiger partial charge in [0.25, 0.3) is 0 Å². The Morgan fingerprint density at radius 3 is 2.33 bits per heavy atom. The Morgan fingerprint density at radius 1 is 1.04 bits per heavy atom. The molecule has 24 heavy (non-hydrogen) atoms. The number of unbranched alkanes of at least 4 members (excludes halogenated alkanes) is 7. The van der Waals surface area contributed by atoms with Gasteiger partial charge in [0.15, 0.2) is 0 Å². The van der Waals surface area contributed by atoms with Gasteiger partial charge in [0.05, 0.1) is 0 Å². The Labute approximate surface area is 152 Å². The molecule has 0 saturated heterocycles. The topological polar surface area (TPSA) is 43.4 Å². The van der Waals surface area contributed by atoms with Gasteiger partial charge in [0.2, 0.25) is 0 Å². The minimum absolute atomic E-state index is 0.146. The molecule has 0 aromatic heterocycles. The number of ether oxygens (including phenoxy) is 1. The molecule has 0 amide bonds. The average molecular weight is 391 g/mol. The van der Waals surface area contributed by atoms with Gasteiger partial charge >= 0.3 is 152 Å². The van der Waals surface area contributed by atoms with E-state index in [2.05, 4.69) is 6.58 Å². The molecular formula is C20H28AsO3. The Hall–Kier alpha value is -1.34. The van der Waals surface area contributed by atoms with E-state index in [4.69, 9.17) is 4.74 Å². The van der Waals surface area contributed by atoms with Crippen LogP contribution in [0.3, 0.4) is 0 Å². The number of carbonyl (C=O) groups is 2. The number of benzene rings is 1. The number of esters is 1. The summed E-state index contributed by atoms with van der Waals surface area (Å²) in [6.07, 6.45) is 11.8. The van der Waals surface area contributed by atoms with Crippen LogP contribution < -0.4 is 4.74 Å². The second-order valence-corrected chi connectivity index (χ2v) is 8.28. The maximum absolute atomic E-state index is 12.3. The standard InChI is InChI=1S/C20H28AsO3/c1-3-4-5-6-7-8-9-10-13-16-21-20(23)18-14-11-12-15-19(18)24-17(2)22/h3,11-12,14-15H,1,4-10,13,16H2,2H3. The second-order valence-electron chi connectivity index (χ2n) is 5.83. The normalized spacial score (nSPS) is 10.9. The number of hydrogen-bond donors (Lipinski definition) is 0. The summed E-state index contributed by atoms with van der Waals surface area (Å²) in [5.41, 5.74) is 0.551. The zero-order chi connectivity index (χ0) is 17.6. The van der Waals surface area contributed by atoms with Crippen molar-refractivity contribution in [3.8, 4) is 5.75 Å². The molecule has 0 spiro atoms. The molecule has 1 radical (unpaired) electrons. The third kappa shape index (κ3) is 9.08. The van der Waals surface area contributed by atoms with Crippen molar-refractivity contribution in [3.05, 3.63) is 42.5 Å². The molecule has 1 rings (SSSR count). The van der Waals surface area contributed by atoms with E-state index in [1.54, 1.807) is 18.2 Å². The van der Waals surface area contributed by atoms with Crippen LogP contribution in [0.1, 0.15) is 68.6 Å². The van der Waals surface area contributed by atoms with Crippen molar-refractivity contribution in [2.75, 3.05) is 0 Å². The van der Waals surface area contributed by atoms with Crippen molar-refractivity contribution >= 4 is 26.3 Å². The van der Waals surface area contributed by atoms with Crippen LogP contribution in [-0.2, 0) is 4.79 Å². The fourth-order valence-electron chi connectivity index (χ4n) is 2.44. The van der Waals surface area contributed by atoms with Crippen LogP contribution in [0, 0.1) is 0 Å². The predicted octanol–water partition coefficient (Wildman–Crippen LogP) is 5.18. The summed E-state index contributed by atoms with van der Waals surface area (Å²) in [5.74, 6) is 0.00410. The van der Waals surface area contributed by atoms with Gasteiger partial charge in [-0.25, -0.2) is 0 Å². The molecule has 0 aliphatic carbocycles. The average Bonchev–Trinajstić information content (AvgIpc) is 2.56. The summed E-state index contributed by atoms with van der Waals surface area (Å²) in [7, 11) is 0. The molecule has 0 unspecified atom stereocenters. The van der Waals surface area contributed by atoms with Gasteiger partial charge in [0, 0.05) is 0 Å². The summed E-state index contributed by atoms with van der Waals surface area (Å²) in [6, 6.07) is 7.02. The third-order valence-electron chi connectivity index (χ3n) is 3.69. The molecule has 0 atom stereocenters. The van der Waals surface area contributed by atoms with Crippen LogP contribution in [0.25, 0.3) is 0 Å².